The molecule has 0 bridgehead atoms. The van der Waals surface area contributed by atoms with Crippen molar-refractivity contribution in [1.29, 1.82) is 0 Å². The highest BCUT2D eigenvalue weighted by molar-refractivity contribution is 6.24. The summed E-state index contributed by atoms with van der Waals surface area (Å²) < 4.78 is 5.53. The standard InChI is InChI=1S/C20H29N5O2/c1-3-27-20-15(19(26)22-23-20)12-18-16(13-25-10-8-24(2)9-11-25)14-6-4-5-7-17(14)21-18/h12,21H,3-11,13H2,1-2H3,(H,22,26). The Balaban J connectivity index is 1.66. The predicted molar refractivity (Wildman–Crippen MR) is 105 cm³/mol. The van der Waals surface area contributed by atoms with Crippen LogP contribution in [0, 0.1) is 0 Å². The van der Waals surface area contributed by atoms with E-state index in [2.05, 4.69) is 32.4 Å². The number of fused-ring (bicyclic) bond motifs is 1. The summed E-state index contributed by atoms with van der Waals surface area (Å²) in [5, 5.41) is 4.02. The van der Waals surface area contributed by atoms with Gasteiger partial charge in [-0.05, 0) is 56.9 Å². The molecule has 1 amide bonds. The maximum absolute atomic E-state index is 12.2. The molecule has 3 aliphatic rings. The maximum atomic E-state index is 12.2. The largest absolute Gasteiger partial charge is 0.476 e. The third kappa shape index (κ3) is 3.80. The number of amides is 1. The van der Waals surface area contributed by atoms with Crippen LogP contribution >= 0.6 is 0 Å². The van der Waals surface area contributed by atoms with Gasteiger partial charge in [-0.1, -0.05) is 0 Å². The highest BCUT2D eigenvalue weighted by Gasteiger charge is 2.27. The zero-order chi connectivity index (χ0) is 18.8. The molecule has 1 saturated heterocycles. The minimum absolute atomic E-state index is 0.198. The summed E-state index contributed by atoms with van der Waals surface area (Å²) in [6, 6.07) is 0. The van der Waals surface area contributed by atoms with E-state index in [9.17, 15) is 4.79 Å². The van der Waals surface area contributed by atoms with Crippen LogP contribution in [0.1, 0.15) is 42.3 Å². The van der Waals surface area contributed by atoms with Crippen LogP contribution in [0.5, 0.6) is 0 Å². The van der Waals surface area contributed by atoms with Gasteiger partial charge >= 0.3 is 0 Å². The second-order valence-corrected chi connectivity index (χ2v) is 7.61. The smallest absolute Gasteiger partial charge is 0.277 e. The summed E-state index contributed by atoms with van der Waals surface area (Å²) in [4.78, 5) is 20.7. The Bertz CT molecular complexity index is 772. The van der Waals surface area contributed by atoms with Gasteiger partial charge in [0, 0.05) is 44.1 Å². The normalized spacial score (nSPS) is 22.7. The molecule has 0 atom stereocenters. The van der Waals surface area contributed by atoms with Gasteiger partial charge in [-0.25, -0.2) is 5.43 Å². The average molecular weight is 371 g/mol. The summed E-state index contributed by atoms with van der Waals surface area (Å²) in [6.07, 6.45) is 6.61. The van der Waals surface area contributed by atoms with E-state index in [-0.39, 0.29) is 5.91 Å². The van der Waals surface area contributed by atoms with Crippen LogP contribution in [0.4, 0.5) is 0 Å². The molecular weight excluding hydrogens is 342 g/mol. The fourth-order valence-corrected chi connectivity index (χ4v) is 4.15. The van der Waals surface area contributed by atoms with Crippen molar-refractivity contribution in [3.63, 3.8) is 0 Å². The Morgan fingerprint density at radius 1 is 1.19 bits per heavy atom. The third-order valence-electron chi connectivity index (χ3n) is 5.72. The van der Waals surface area contributed by atoms with Gasteiger partial charge in [-0.15, -0.1) is 5.10 Å². The van der Waals surface area contributed by atoms with Gasteiger partial charge in [-0.2, -0.15) is 0 Å². The summed E-state index contributed by atoms with van der Waals surface area (Å²) in [7, 11) is 2.18. The van der Waals surface area contributed by atoms with Crippen molar-refractivity contribution in [2.45, 2.75) is 39.2 Å². The van der Waals surface area contributed by atoms with Crippen molar-refractivity contribution in [1.82, 2.24) is 20.2 Å². The predicted octanol–water partition coefficient (Wildman–Crippen LogP) is 1.50. The molecule has 146 valence electrons. The first kappa shape index (κ1) is 18.3. The molecule has 0 spiro atoms. The van der Waals surface area contributed by atoms with E-state index in [4.69, 9.17) is 4.74 Å². The van der Waals surface area contributed by atoms with Crippen molar-refractivity contribution in [2.24, 2.45) is 5.10 Å². The Morgan fingerprint density at radius 3 is 2.74 bits per heavy atom. The van der Waals surface area contributed by atoms with E-state index >= 15 is 0 Å². The van der Waals surface area contributed by atoms with E-state index in [1.165, 1.54) is 29.7 Å². The van der Waals surface area contributed by atoms with Crippen molar-refractivity contribution in [3.05, 3.63) is 28.1 Å². The monoisotopic (exact) mass is 371 g/mol. The molecule has 0 radical (unpaired) electrons. The Kier molecular flexibility index (Phi) is 5.31. The Labute approximate surface area is 160 Å². The number of hydrazone groups is 1. The molecular formula is C20H29N5O2. The molecule has 1 aliphatic carbocycles. The highest BCUT2D eigenvalue weighted by atomic mass is 16.5. The van der Waals surface area contributed by atoms with Gasteiger partial charge in [0.15, 0.2) is 0 Å². The second-order valence-electron chi connectivity index (χ2n) is 7.61. The first-order valence-corrected chi connectivity index (χ1v) is 10.0. The fourth-order valence-electron chi connectivity index (χ4n) is 4.15. The number of H-pyrrole nitrogens is 1. The molecule has 2 N–H and O–H groups in total. The molecule has 27 heavy (non-hydrogen) atoms. The molecule has 7 heteroatoms. The highest BCUT2D eigenvalue weighted by Crippen LogP contribution is 2.30. The molecule has 1 fully saturated rings. The number of carbonyl (C=O) groups is 1. The number of rotatable bonds is 4. The Morgan fingerprint density at radius 2 is 1.96 bits per heavy atom. The van der Waals surface area contributed by atoms with Crippen LogP contribution in [0.3, 0.4) is 0 Å². The van der Waals surface area contributed by atoms with E-state index in [0.717, 1.165) is 51.3 Å². The topological polar surface area (TPSA) is 73.0 Å². The van der Waals surface area contributed by atoms with Gasteiger partial charge in [0.05, 0.1) is 6.61 Å². The number of carbonyl (C=O) groups excluding carboxylic acids is 1. The molecule has 4 rings (SSSR count). The quantitative estimate of drug-likeness (QED) is 0.787. The van der Waals surface area contributed by atoms with Crippen molar-refractivity contribution in [2.75, 3.05) is 39.8 Å². The van der Waals surface area contributed by atoms with Crippen molar-refractivity contribution >= 4 is 17.9 Å². The second kappa shape index (κ2) is 7.86. The summed E-state index contributed by atoms with van der Waals surface area (Å²) >= 11 is 0. The lowest BCUT2D eigenvalue weighted by Crippen LogP contribution is -2.44. The van der Waals surface area contributed by atoms with Gasteiger partial charge in [0.2, 0.25) is 5.90 Å². The molecule has 0 saturated carbocycles. The van der Waals surface area contributed by atoms with Gasteiger partial charge < -0.3 is 14.6 Å². The molecule has 7 nitrogen and oxygen atoms in total. The minimum Gasteiger partial charge on any atom is -0.476 e. The molecule has 0 aromatic carbocycles. The van der Waals surface area contributed by atoms with E-state index in [1.807, 2.05) is 13.0 Å². The van der Waals surface area contributed by atoms with Crippen molar-refractivity contribution in [3.8, 4) is 0 Å². The number of hydrogen-bond donors (Lipinski definition) is 2. The van der Waals surface area contributed by atoms with Crippen LogP contribution in [0.25, 0.3) is 6.08 Å². The van der Waals surface area contributed by atoms with Gasteiger partial charge in [-0.3, -0.25) is 9.69 Å². The fraction of sp³-hybridized carbons (Fsp3) is 0.600. The maximum Gasteiger partial charge on any atom is 0.277 e. The first-order chi connectivity index (χ1) is 13.2. The average Bonchev–Trinajstić information content (AvgIpc) is 3.19. The first-order valence-electron chi connectivity index (χ1n) is 10.0. The summed E-state index contributed by atoms with van der Waals surface area (Å²) in [6.45, 7) is 7.69. The van der Waals surface area contributed by atoms with Crippen LogP contribution in [0.2, 0.25) is 0 Å². The molecule has 0 unspecified atom stereocenters. The molecule has 3 heterocycles. The zero-order valence-electron chi connectivity index (χ0n) is 16.3. The van der Waals surface area contributed by atoms with Gasteiger partial charge in [0.1, 0.15) is 5.57 Å². The zero-order valence-corrected chi connectivity index (χ0v) is 16.3. The Hall–Kier alpha value is -2.12. The number of piperazine rings is 1. The third-order valence-corrected chi connectivity index (χ3v) is 5.72. The minimum atomic E-state index is -0.198. The number of aryl methyl sites for hydroxylation is 1. The van der Waals surface area contributed by atoms with E-state index in [1.54, 1.807) is 0 Å². The number of likely N-dealkylation sites (N-methyl/N-ethyl adjacent to an activating group) is 1. The molecule has 1 aromatic heterocycles. The van der Waals surface area contributed by atoms with E-state index in [0.29, 0.717) is 18.1 Å². The molecule has 2 aliphatic heterocycles. The summed E-state index contributed by atoms with van der Waals surface area (Å²) in [5.74, 6) is 0.192. The number of ether oxygens (including phenoxy) is 1. The number of aromatic nitrogens is 1. The lowest BCUT2D eigenvalue weighted by molar-refractivity contribution is -0.116. The molecule has 1 aromatic rings. The lowest BCUT2D eigenvalue weighted by Gasteiger charge is -2.32. The number of hydrogen-bond acceptors (Lipinski definition) is 5. The van der Waals surface area contributed by atoms with Crippen molar-refractivity contribution < 1.29 is 9.53 Å². The SMILES string of the molecule is CCOC1=NNC(=O)C1=Cc1[nH]c2c(c1CN1CCN(C)CC1)CCCC2. The van der Waals surface area contributed by atoms with E-state index < -0.39 is 0 Å². The number of nitrogens with one attached hydrogen (secondary N) is 2. The summed E-state index contributed by atoms with van der Waals surface area (Å²) in [5.41, 5.74) is 8.21. The lowest BCUT2D eigenvalue weighted by atomic mass is 9.94. The van der Waals surface area contributed by atoms with Crippen LogP contribution in [-0.2, 0) is 28.9 Å². The van der Waals surface area contributed by atoms with Crippen LogP contribution < -0.4 is 5.43 Å². The van der Waals surface area contributed by atoms with Crippen LogP contribution in [-0.4, -0.2) is 66.4 Å². The number of aromatic amines is 1. The number of nitrogens with zero attached hydrogens (tertiary/aromatic N) is 3. The van der Waals surface area contributed by atoms with Gasteiger partial charge in [0.25, 0.3) is 5.91 Å². The van der Waals surface area contributed by atoms with Crippen LogP contribution in [0.15, 0.2) is 10.7 Å².